The lowest BCUT2D eigenvalue weighted by molar-refractivity contribution is -0.131. The Morgan fingerprint density at radius 1 is 1.18 bits per heavy atom. The van der Waals surface area contributed by atoms with Crippen LogP contribution in [-0.4, -0.2) is 29.9 Å². The second-order valence-corrected chi connectivity index (χ2v) is 5.45. The zero-order chi connectivity index (χ0) is 13.6. The maximum absolute atomic E-state index is 11.7. The van der Waals surface area contributed by atoms with E-state index in [2.05, 4.69) is 10.6 Å². The van der Waals surface area contributed by atoms with Crippen molar-refractivity contribution < 1.29 is 9.59 Å². The lowest BCUT2D eigenvalue weighted by Gasteiger charge is -2.24. The van der Waals surface area contributed by atoms with Crippen LogP contribution < -0.4 is 16.4 Å². The van der Waals surface area contributed by atoms with Crippen LogP contribution in [0.1, 0.15) is 41.0 Å². The highest BCUT2D eigenvalue weighted by molar-refractivity contribution is 5.88. The van der Waals surface area contributed by atoms with Crippen molar-refractivity contribution in [1.29, 1.82) is 0 Å². The normalized spacial score (nSPS) is 14.9. The van der Waals surface area contributed by atoms with Crippen LogP contribution in [-0.2, 0) is 9.59 Å². The molecule has 0 fully saturated rings. The van der Waals surface area contributed by atoms with Crippen molar-refractivity contribution in [3.8, 4) is 0 Å². The number of carbonyl (C=O) groups is 2. The van der Waals surface area contributed by atoms with Gasteiger partial charge in [0.2, 0.25) is 11.8 Å². The monoisotopic (exact) mass is 243 g/mol. The molecule has 0 bridgehead atoms. The van der Waals surface area contributed by atoms with Crippen molar-refractivity contribution in [1.82, 2.24) is 10.6 Å². The van der Waals surface area contributed by atoms with Crippen LogP contribution in [0.25, 0.3) is 0 Å². The molecule has 0 saturated carbocycles. The van der Waals surface area contributed by atoms with Gasteiger partial charge in [-0.2, -0.15) is 0 Å². The number of nitrogens with one attached hydrogen (secondary N) is 2. The molecule has 0 aliphatic rings. The molecule has 0 radical (unpaired) electrons. The molecule has 0 heterocycles. The fraction of sp³-hybridized carbons (Fsp3) is 0.833. The average Bonchev–Trinajstić information content (AvgIpc) is 2.15. The van der Waals surface area contributed by atoms with Gasteiger partial charge in [0.05, 0.1) is 0 Å². The summed E-state index contributed by atoms with van der Waals surface area (Å²) in [5, 5.41) is 5.50. The molecule has 0 rings (SSSR count). The molecule has 2 atom stereocenters. The lowest BCUT2D eigenvalue weighted by atomic mass is 10.1. The van der Waals surface area contributed by atoms with Crippen LogP contribution in [0.4, 0.5) is 0 Å². The Balaban J connectivity index is 4.21. The first kappa shape index (κ1) is 15.9. The number of rotatable bonds is 5. The topological polar surface area (TPSA) is 84.2 Å². The van der Waals surface area contributed by atoms with Gasteiger partial charge in [0, 0.05) is 11.5 Å². The first-order valence-electron chi connectivity index (χ1n) is 6.00. The molecule has 2 unspecified atom stereocenters. The van der Waals surface area contributed by atoms with Crippen LogP contribution in [0.2, 0.25) is 0 Å². The van der Waals surface area contributed by atoms with Crippen molar-refractivity contribution in [3.05, 3.63) is 0 Å². The summed E-state index contributed by atoms with van der Waals surface area (Å²) in [4.78, 5) is 23.4. The first-order chi connectivity index (χ1) is 7.67. The average molecular weight is 243 g/mol. The Morgan fingerprint density at radius 3 is 2.12 bits per heavy atom. The molecule has 5 heteroatoms. The lowest BCUT2D eigenvalue weighted by Crippen LogP contribution is -2.51. The quantitative estimate of drug-likeness (QED) is 0.653. The van der Waals surface area contributed by atoms with E-state index >= 15 is 0 Å². The predicted molar refractivity (Wildman–Crippen MR) is 68.3 cm³/mol. The van der Waals surface area contributed by atoms with Crippen LogP contribution in [0, 0.1) is 5.92 Å². The van der Waals surface area contributed by atoms with E-state index in [1.54, 1.807) is 13.8 Å². The Labute approximate surface area is 104 Å². The second-order valence-electron chi connectivity index (χ2n) is 5.45. The summed E-state index contributed by atoms with van der Waals surface area (Å²) in [6, 6.07) is -0.526. The van der Waals surface area contributed by atoms with Gasteiger partial charge >= 0.3 is 0 Å². The number of amides is 2. The molecule has 0 saturated heterocycles. The molecule has 0 spiro atoms. The van der Waals surface area contributed by atoms with E-state index in [-0.39, 0.29) is 23.3 Å². The third-order valence-electron chi connectivity index (χ3n) is 2.30. The van der Waals surface area contributed by atoms with Gasteiger partial charge in [0.15, 0.2) is 0 Å². The number of hydrogen-bond acceptors (Lipinski definition) is 3. The molecule has 4 N–H and O–H groups in total. The minimum absolute atomic E-state index is 0.132. The van der Waals surface area contributed by atoms with Gasteiger partial charge in [0.1, 0.15) is 6.04 Å². The second kappa shape index (κ2) is 6.59. The fourth-order valence-electron chi connectivity index (χ4n) is 1.28. The van der Waals surface area contributed by atoms with E-state index in [9.17, 15) is 9.59 Å². The Kier molecular flexibility index (Phi) is 6.16. The van der Waals surface area contributed by atoms with Crippen molar-refractivity contribution in [2.24, 2.45) is 11.7 Å². The van der Waals surface area contributed by atoms with Gasteiger partial charge < -0.3 is 16.4 Å². The summed E-state index contributed by atoms with van der Waals surface area (Å²) in [5.74, 6) is -0.470. The fourth-order valence-corrected chi connectivity index (χ4v) is 1.28. The maximum atomic E-state index is 11.7. The van der Waals surface area contributed by atoms with Gasteiger partial charge in [-0.15, -0.1) is 0 Å². The highest BCUT2D eigenvalue weighted by Crippen LogP contribution is 2.02. The minimum Gasteiger partial charge on any atom is -0.350 e. The summed E-state index contributed by atoms with van der Waals surface area (Å²) < 4.78 is 0. The van der Waals surface area contributed by atoms with Crippen molar-refractivity contribution in [3.63, 3.8) is 0 Å². The van der Waals surface area contributed by atoms with Crippen LogP contribution >= 0.6 is 0 Å². The molecule has 5 nitrogen and oxygen atoms in total. The molecule has 0 aromatic carbocycles. The third-order valence-corrected chi connectivity index (χ3v) is 2.30. The van der Waals surface area contributed by atoms with Gasteiger partial charge in [0.25, 0.3) is 0 Å². The largest absolute Gasteiger partial charge is 0.350 e. The van der Waals surface area contributed by atoms with Gasteiger partial charge in [-0.3, -0.25) is 9.59 Å². The first-order valence-corrected chi connectivity index (χ1v) is 6.00. The minimum atomic E-state index is -0.526. The molecule has 100 valence electrons. The summed E-state index contributed by atoms with van der Waals surface area (Å²) in [6.07, 6.45) is 0.624. The number of hydrogen-bond donors (Lipinski definition) is 3. The Morgan fingerprint density at radius 2 is 1.71 bits per heavy atom. The molecule has 2 amide bonds. The molecule has 0 aromatic rings. The highest BCUT2D eigenvalue weighted by Gasteiger charge is 2.22. The van der Waals surface area contributed by atoms with E-state index in [1.165, 1.54) is 0 Å². The zero-order valence-corrected chi connectivity index (χ0v) is 11.5. The van der Waals surface area contributed by atoms with E-state index < -0.39 is 6.04 Å². The molecular weight excluding hydrogens is 218 g/mol. The van der Waals surface area contributed by atoms with E-state index in [0.717, 1.165) is 0 Å². The standard InChI is InChI=1S/C12H25N3O2/c1-8(6-7-13)10(16)14-9(2)11(17)15-12(3,4)5/h8-9H,6-7,13H2,1-5H3,(H,14,16)(H,15,17). The summed E-state index contributed by atoms with van der Waals surface area (Å²) >= 11 is 0. The van der Waals surface area contributed by atoms with Crippen molar-refractivity contribution in [2.75, 3.05) is 6.54 Å². The van der Waals surface area contributed by atoms with Crippen LogP contribution in [0.5, 0.6) is 0 Å². The summed E-state index contributed by atoms with van der Waals surface area (Å²) in [7, 11) is 0. The highest BCUT2D eigenvalue weighted by atomic mass is 16.2. The molecule has 0 aromatic heterocycles. The number of carbonyl (C=O) groups excluding carboxylic acids is 2. The van der Waals surface area contributed by atoms with Crippen molar-refractivity contribution >= 4 is 11.8 Å². The zero-order valence-electron chi connectivity index (χ0n) is 11.5. The Bertz CT molecular complexity index is 271. The van der Waals surface area contributed by atoms with Crippen molar-refractivity contribution in [2.45, 2.75) is 52.6 Å². The third kappa shape index (κ3) is 6.94. The smallest absolute Gasteiger partial charge is 0.242 e. The molecule has 17 heavy (non-hydrogen) atoms. The van der Waals surface area contributed by atoms with Gasteiger partial charge in [-0.05, 0) is 40.7 Å². The van der Waals surface area contributed by atoms with E-state index in [1.807, 2.05) is 20.8 Å². The molecular formula is C12H25N3O2. The molecule has 0 aliphatic heterocycles. The van der Waals surface area contributed by atoms with Crippen LogP contribution in [0.15, 0.2) is 0 Å². The van der Waals surface area contributed by atoms with Gasteiger partial charge in [-0.1, -0.05) is 6.92 Å². The molecule has 0 aliphatic carbocycles. The summed E-state index contributed by atoms with van der Waals surface area (Å²) in [6.45, 7) is 9.64. The van der Waals surface area contributed by atoms with E-state index in [4.69, 9.17) is 5.73 Å². The van der Waals surface area contributed by atoms with Crippen LogP contribution in [0.3, 0.4) is 0 Å². The SMILES string of the molecule is CC(CCN)C(=O)NC(C)C(=O)NC(C)(C)C. The number of nitrogens with two attached hydrogens (primary N) is 1. The maximum Gasteiger partial charge on any atom is 0.242 e. The Hall–Kier alpha value is -1.10. The van der Waals surface area contributed by atoms with E-state index in [0.29, 0.717) is 13.0 Å². The van der Waals surface area contributed by atoms with Gasteiger partial charge in [-0.25, -0.2) is 0 Å². The summed E-state index contributed by atoms with van der Waals surface area (Å²) in [5.41, 5.74) is 5.09. The predicted octanol–water partition coefficient (Wildman–Crippen LogP) is 0.391.